The maximum atomic E-state index is 12.8. The van der Waals surface area contributed by atoms with Gasteiger partial charge in [0.25, 0.3) is 0 Å². The molecule has 0 spiro atoms. The van der Waals surface area contributed by atoms with Gasteiger partial charge in [-0.2, -0.15) is 0 Å². The number of hydrogen-bond donors (Lipinski definition) is 1. The molecule has 6 heteroatoms. The van der Waals surface area contributed by atoms with Crippen LogP contribution in [-0.4, -0.2) is 45.5 Å². The summed E-state index contributed by atoms with van der Waals surface area (Å²) in [5.41, 5.74) is 0.757. The molecule has 1 N–H and O–H groups in total. The lowest BCUT2D eigenvalue weighted by molar-refractivity contribution is -0.235. The molecule has 1 amide bonds. The number of carbonyl (C=O) groups excluding carboxylic acids is 2. The number of Topliss-reactive ketones (excluding diaryl/α,β-unsaturated/α-hetero) is 1. The van der Waals surface area contributed by atoms with E-state index in [1.165, 1.54) is 11.8 Å². The third-order valence-corrected chi connectivity index (χ3v) is 4.19. The van der Waals surface area contributed by atoms with Gasteiger partial charge in [0.05, 0.1) is 11.6 Å². The molecule has 158 valence electrons. The van der Waals surface area contributed by atoms with Crippen LogP contribution in [0.2, 0.25) is 0 Å². The lowest BCUT2D eigenvalue weighted by Crippen LogP contribution is -2.51. The molecular formula is C22H35NO5. The van der Waals surface area contributed by atoms with Gasteiger partial charge in [-0.25, -0.2) is 4.79 Å². The summed E-state index contributed by atoms with van der Waals surface area (Å²) in [6, 6.07) is -0.483. The van der Waals surface area contributed by atoms with Crippen molar-refractivity contribution >= 4 is 11.9 Å². The quantitative estimate of drug-likeness (QED) is 0.550. The second-order valence-corrected chi connectivity index (χ2v) is 8.99. The second-order valence-electron chi connectivity index (χ2n) is 8.99. The fourth-order valence-electron chi connectivity index (χ4n) is 2.95. The predicted molar refractivity (Wildman–Crippen MR) is 110 cm³/mol. The van der Waals surface area contributed by atoms with Crippen molar-refractivity contribution in [2.24, 2.45) is 0 Å². The van der Waals surface area contributed by atoms with Gasteiger partial charge in [-0.1, -0.05) is 12.7 Å². The van der Waals surface area contributed by atoms with E-state index >= 15 is 0 Å². The topological polar surface area (TPSA) is 76.1 Å². The Balaban J connectivity index is 3.20. The van der Waals surface area contributed by atoms with Gasteiger partial charge in [-0.15, -0.1) is 0 Å². The fourth-order valence-corrected chi connectivity index (χ4v) is 2.95. The molecule has 1 rings (SSSR count). The van der Waals surface area contributed by atoms with Crippen LogP contribution in [0.1, 0.15) is 68.2 Å². The number of hydrogen-bond acceptors (Lipinski definition) is 5. The molecule has 28 heavy (non-hydrogen) atoms. The minimum Gasteiger partial charge on any atom is -0.444 e. The van der Waals surface area contributed by atoms with Crippen molar-refractivity contribution in [2.75, 3.05) is 0 Å². The average molecular weight is 394 g/mol. The Bertz CT molecular complexity index is 676. The Morgan fingerprint density at radius 3 is 2.21 bits per heavy atom. The van der Waals surface area contributed by atoms with Crippen molar-refractivity contribution < 1.29 is 24.2 Å². The predicted octanol–water partition coefficient (Wildman–Crippen LogP) is 4.49. The van der Waals surface area contributed by atoms with Crippen molar-refractivity contribution in [3.8, 4) is 0 Å². The summed E-state index contributed by atoms with van der Waals surface area (Å²) >= 11 is 0. The van der Waals surface area contributed by atoms with Crippen LogP contribution in [0, 0.1) is 0 Å². The van der Waals surface area contributed by atoms with Crippen LogP contribution in [0.5, 0.6) is 0 Å². The Labute approximate surface area is 168 Å². The highest BCUT2D eigenvalue weighted by molar-refractivity contribution is 5.96. The molecule has 0 aromatic carbocycles. The highest BCUT2D eigenvalue weighted by Crippen LogP contribution is 2.36. The normalized spacial score (nSPS) is 21.0. The molecule has 1 aliphatic rings. The molecular weight excluding hydrogens is 358 g/mol. The summed E-state index contributed by atoms with van der Waals surface area (Å²) in [6.07, 6.45) is 2.59. The van der Waals surface area contributed by atoms with E-state index in [0.717, 1.165) is 5.57 Å². The van der Waals surface area contributed by atoms with Crippen LogP contribution < -0.4 is 0 Å². The van der Waals surface area contributed by atoms with Crippen molar-refractivity contribution in [1.82, 2.24) is 4.90 Å². The van der Waals surface area contributed by atoms with Crippen molar-refractivity contribution in [3.05, 3.63) is 35.5 Å². The zero-order valence-electron chi connectivity index (χ0n) is 18.5. The summed E-state index contributed by atoms with van der Waals surface area (Å²) in [4.78, 5) is 25.8. The van der Waals surface area contributed by atoms with E-state index < -0.39 is 29.8 Å². The molecule has 0 aromatic rings. The number of aliphatic hydroxyl groups is 1. The molecule has 1 unspecified atom stereocenters. The van der Waals surface area contributed by atoms with E-state index in [4.69, 9.17) is 9.47 Å². The van der Waals surface area contributed by atoms with Gasteiger partial charge in [0.2, 0.25) is 6.41 Å². The monoisotopic (exact) mass is 393 g/mol. The summed E-state index contributed by atoms with van der Waals surface area (Å²) < 4.78 is 11.1. The number of carbonyl (C=O) groups is 2. The van der Waals surface area contributed by atoms with Gasteiger partial charge < -0.3 is 14.6 Å². The van der Waals surface area contributed by atoms with Crippen LogP contribution in [0.3, 0.4) is 0 Å². The van der Waals surface area contributed by atoms with E-state index in [1.807, 2.05) is 0 Å². The van der Waals surface area contributed by atoms with Crippen LogP contribution in [-0.2, 0) is 14.3 Å². The fraction of sp³-hybridized carbons (Fsp3) is 0.636. The molecule has 0 radical (unpaired) electrons. The lowest BCUT2D eigenvalue weighted by atomic mass is 10.0. The van der Waals surface area contributed by atoms with Crippen molar-refractivity contribution in [3.63, 3.8) is 0 Å². The number of allylic oxidation sites excluding steroid dienone is 3. The van der Waals surface area contributed by atoms with E-state index in [-0.39, 0.29) is 5.78 Å². The molecule has 0 heterocycles. The summed E-state index contributed by atoms with van der Waals surface area (Å²) in [5, 5.41) is 10.7. The largest absolute Gasteiger partial charge is 0.444 e. The summed E-state index contributed by atoms with van der Waals surface area (Å²) in [6.45, 7) is 18.1. The van der Waals surface area contributed by atoms with Gasteiger partial charge in [-0.05, 0) is 85.5 Å². The first-order chi connectivity index (χ1) is 12.7. The highest BCUT2D eigenvalue weighted by atomic mass is 16.7. The van der Waals surface area contributed by atoms with Gasteiger partial charge >= 0.3 is 6.09 Å². The van der Waals surface area contributed by atoms with Crippen LogP contribution in [0.15, 0.2) is 35.5 Å². The molecule has 0 saturated heterocycles. The SMILES string of the molecule is C=C1/C(=C\C(=C/C)C(C)=O)CCC1N(C(=O)OC(C)(C)C)[C@@H](O)OC(C)(C)C. The number of ether oxygens (including phenoxy) is 2. The summed E-state index contributed by atoms with van der Waals surface area (Å²) in [5.74, 6) is -0.0358. The number of amides is 1. The maximum absolute atomic E-state index is 12.8. The minimum absolute atomic E-state index is 0.0358. The zero-order valence-corrected chi connectivity index (χ0v) is 18.5. The molecule has 0 bridgehead atoms. The smallest absolute Gasteiger partial charge is 0.414 e. The third-order valence-electron chi connectivity index (χ3n) is 4.19. The number of rotatable bonds is 5. The number of nitrogens with zero attached hydrogens (tertiary/aromatic N) is 1. The molecule has 1 saturated carbocycles. The Morgan fingerprint density at radius 2 is 1.79 bits per heavy atom. The molecule has 0 aromatic heterocycles. The van der Waals surface area contributed by atoms with Gasteiger partial charge in [0, 0.05) is 5.57 Å². The van der Waals surface area contributed by atoms with Gasteiger partial charge in [0.1, 0.15) is 5.60 Å². The molecule has 2 atom stereocenters. The van der Waals surface area contributed by atoms with Gasteiger partial charge in [0.15, 0.2) is 5.78 Å². The highest BCUT2D eigenvalue weighted by Gasteiger charge is 2.40. The minimum atomic E-state index is -1.48. The van der Waals surface area contributed by atoms with Crippen molar-refractivity contribution in [1.29, 1.82) is 0 Å². The maximum Gasteiger partial charge on any atom is 0.414 e. The molecule has 1 fully saturated rings. The average Bonchev–Trinajstić information content (AvgIpc) is 2.82. The number of aliphatic hydroxyl groups excluding tert-OH is 1. The molecule has 1 aliphatic carbocycles. The zero-order chi connectivity index (χ0) is 21.9. The second kappa shape index (κ2) is 9.05. The van der Waals surface area contributed by atoms with Crippen molar-refractivity contribution in [2.45, 2.75) is 91.9 Å². The van der Waals surface area contributed by atoms with Crippen LogP contribution in [0.25, 0.3) is 0 Å². The standard InChI is InChI=1S/C22H35NO5/c1-10-16(15(3)24)13-17-11-12-18(14(17)2)23(19(25)27-21(4,5)6)20(26)28-22(7,8)9/h10,13,18-19,25H,2,11-12H2,1,3-9H3/b16-10+,17-13-/t18?,19-/m0/s1. The van der Waals surface area contributed by atoms with Gasteiger partial charge in [-0.3, -0.25) is 9.69 Å². The Kier molecular flexibility index (Phi) is 7.80. The first-order valence-electron chi connectivity index (χ1n) is 9.60. The van der Waals surface area contributed by atoms with Crippen LogP contribution in [0.4, 0.5) is 4.79 Å². The first-order valence-corrected chi connectivity index (χ1v) is 9.60. The third kappa shape index (κ3) is 6.91. The summed E-state index contributed by atoms with van der Waals surface area (Å²) in [7, 11) is 0. The Morgan fingerprint density at radius 1 is 1.21 bits per heavy atom. The first kappa shape index (κ1) is 24.1. The van der Waals surface area contributed by atoms with Crippen LogP contribution >= 0.6 is 0 Å². The Hall–Kier alpha value is -1.92. The molecule has 6 nitrogen and oxygen atoms in total. The number of ketones is 1. The van der Waals surface area contributed by atoms with E-state index in [9.17, 15) is 14.7 Å². The molecule has 0 aliphatic heterocycles. The van der Waals surface area contributed by atoms with E-state index in [0.29, 0.717) is 24.0 Å². The van der Waals surface area contributed by atoms with E-state index in [1.54, 1.807) is 60.6 Å². The lowest BCUT2D eigenvalue weighted by Gasteiger charge is -2.37. The van der Waals surface area contributed by atoms with E-state index in [2.05, 4.69) is 6.58 Å².